The number of hydrogen-bond donors (Lipinski definition) is 1. The van der Waals surface area contributed by atoms with Gasteiger partial charge in [-0.3, -0.25) is 0 Å². The summed E-state index contributed by atoms with van der Waals surface area (Å²) in [6, 6.07) is 0. The van der Waals surface area contributed by atoms with Crippen LogP contribution >= 0.6 is 0 Å². The van der Waals surface area contributed by atoms with Gasteiger partial charge in [-0.2, -0.15) is 0 Å². The predicted octanol–water partition coefficient (Wildman–Crippen LogP) is 2.61. The smallest absolute Gasteiger partial charge is 0.331 e. The normalized spacial score (nSPS) is 27.7. The number of carboxylic acids is 1. The monoisotopic (exact) mass is 212 g/mol. The second-order valence-corrected chi connectivity index (χ2v) is 4.41. The molecule has 1 rings (SSSR count). The number of rotatable bonds is 4. The van der Waals surface area contributed by atoms with E-state index in [1.165, 1.54) is 12.8 Å². The summed E-state index contributed by atoms with van der Waals surface area (Å²) in [4.78, 5) is 10.5. The van der Waals surface area contributed by atoms with Crippen molar-refractivity contribution in [3.8, 4) is 0 Å². The molecule has 0 unspecified atom stereocenters. The first-order valence-electron chi connectivity index (χ1n) is 5.61. The lowest BCUT2D eigenvalue weighted by Gasteiger charge is -2.25. The van der Waals surface area contributed by atoms with Crippen LogP contribution < -0.4 is 0 Å². The molecule has 0 aromatic rings. The standard InChI is InChI=1S/C12H20O3/c1-9-3-5-11(6-4-9)15-8-7-10(2)12(13)14/h7,9,11H,3-6,8H2,1-2H3,(H,13,14). The number of ether oxygens (including phenoxy) is 1. The predicted molar refractivity (Wildman–Crippen MR) is 58.8 cm³/mol. The molecule has 0 saturated heterocycles. The molecule has 0 atom stereocenters. The van der Waals surface area contributed by atoms with E-state index in [1.807, 2.05) is 0 Å². The summed E-state index contributed by atoms with van der Waals surface area (Å²) in [6.45, 7) is 4.29. The largest absolute Gasteiger partial charge is 0.478 e. The van der Waals surface area contributed by atoms with E-state index >= 15 is 0 Å². The van der Waals surface area contributed by atoms with Crippen LogP contribution in [0.15, 0.2) is 11.6 Å². The van der Waals surface area contributed by atoms with Crippen LogP contribution in [0.4, 0.5) is 0 Å². The Morgan fingerprint density at radius 2 is 2.00 bits per heavy atom. The first-order valence-corrected chi connectivity index (χ1v) is 5.61. The van der Waals surface area contributed by atoms with Gasteiger partial charge < -0.3 is 9.84 Å². The second kappa shape index (κ2) is 5.91. The summed E-state index contributed by atoms with van der Waals surface area (Å²) in [6.07, 6.45) is 6.65. The molecule has 0 radical (unpaired) electrons. The lowest BCUT2D eigenvalue weighted by atomic mass is 9.89. The van der Waals surface area contributed by atoms with Crippen LogP contribution in [0, 0.1) is 5.92 Å². The second-order valence-electron chi connectivity index (χ2n) is 4.41. The highest BCUT2D eigenvalue weighted by atomic mass is 16.5. The molecule has 0 bridgehead atoms. The van der Waals surface area contributed by atoms with E-state index in [1.54, 1.807) is 13.0 Å². The van der Waals surface area contributed by atoms with Crippen LogP contribution in [-0.4, -0.2) is 23.8 Å². The zero-order valence-corrected chi connectivity index (χ0v) is 9.53. The topological polar surface area (TPSA) is 46.5 Å². The first-order chi connectivity index (χ1) is 7.09. The maximum atomic E-state index is 10.5. The third-order valence-electron chi connectivity index (χ3n) is 3.02. The maximum Gasteiger partial charge on any atom is 0.331 e. The van der Waals surface area contributed by atoms with E-state index < -0.39 is 5.97 Å². The highest BCUT2D eigenvalue weighted by molar-refractivity contribution is 5.85. The van der Waals surface area contributed by atoms with Gasteiger partial charge in [0.15, 0.2) is 0 Å². The van der Waals surface area contributed by atoms with Gasteiger partial charge in [0, 0.05) is 5.57 Å². The quantitative estimate of drug-likeness (QED) is 0.729. The highest BCUT2D eigenvalue weighted by Crippen LogP contribution is 2.25. The van der Waals surface area contributed by atoms with Crippen LogP contribution in [-0.2, 0) is 9.53 Å². The summed E-state index contributed by atoms with van der Waals surface area (Å²) >= 11 is 0. The molecule has 1 saturated carbocycles. The Morgan fingerprint density at radius 3 is 2.53 bits per heavy atom. The number of hydrogen-bond acceptors (Lipinski definition) is 2. The average Bonchev–Trinajstić information content (AvgIpc) is 2.20. The molecule has 0 aromatic carbocycles. The SMILES string of the molecule is CC(=CCOC1CCC(C)CC1)C(=O)O. The molecule has 3 heteroatoms. The minimum Gasteiger partial charge on any atom is -0.478 e. The maximum absolute atomic E-state index is 10.5. The Kier molecular flexibility index (Phi) is 4.82. The van der Waals surface area contributed by atoms with E-state index in [0.29, 0.717) is 18.3 Å². The lowest BCUT2D eigenvalue weighted by molar-refractivity contribution is -0.132. The van der Waals surface area contributed by atoms with Gasteiger partial charge in [-0.25, -0.2) is 4.79 Å². The van der Waals surface area contributed by atoms with E-state index in [4.69, 9.17) is 9.84 Å². The first kappa shape index (κ1) is 12.2. The molecule has 1 aliphatic carbocycles. The Labute approximate surface area is 91.1 Å². The summed E-state index contributed by atoms with van der Waals surface area (Å²) in [5, 5.41) is 8.63. The van der Waals surface area contributed by atoms with Gasteiger partial charge >= 0.3 is 5.97 Å². The fourth-order valence-electron chi connectivity index (χ4n) is 1.79. The third kappa shape index (κ3) is 4.47. The molecule has 86 valence electrons. The van der Waals surface area contributed by atoms with Gasteiger partial charge in [0.05, 0.1) is 12.7 Å². The van der Waals surface area contributed by atoms with Gasteiger partial charge in [0.1, 0.15) is 0 Å². The van der Waals surface area contributed by atoms with Crippen LogP contribution in [0.3, 0.4) is 0 Å². The zero-order chi connectivity index (χ0) is 11.3. The molecule has 0 heterocycles. The Hall–Kier alpha value is -0.830. The molecular formula is C12H20O3. The molecule has 3 nitrogen and oxygen atoms in total. The molecule has 1 N–H and O–H groups in total. The third-order valence-corrected chi connectivity index (χ3v) is 3.02. The Balaban J connectivity index is 2.20. The van der Waals surface area contributed by atoms with Crippen molar-refractivity contribution in [2.45, 2.75) is 45.6 Å². The molecule has 0 aliphatic heterocycles. The minimum atomic E-state index is -0.865. The van der Waals surface area contributed by atoms with Gasteiger partial charge in [-0.05, 0) is 44.6 Å². The average molecular weight is 212 g/mol. The van der Waals surface area contributed by atoms with Gasteiger partial charge in [-0.1, -0.05) is 6.92 Å². The highest BCUT2D eigenvalue weighted by Gasteiger charge is 2.17. The van der Waals surface area contributed by atoms with E-state index in [9.17, 15) is 4.79 Å². The number of carboxylic acid groups (broad SMARTS) is 1. The van der Waals surface area contributed by atoms with Crippen LogP contribution in [0.25, 0.3) is 0 Å². The summed E-state index contributed by atoms with van der Waals surface area (Å²) < 4.78 is 5.61. The van der Waals surface area contributed by atoms with Crippen LogP contribution in [0.2, 0.25) is 0 Å². The van der Waals surface area contributed by atoms with Crippen molar-refractivity contribution in [2.24, 2.45) is 5.92 Å². The molecule has 0 amide bonds. The number of carbonyl (C=O) groups is 1. The van der Waals surface area contributed by atoms with Crippen LogP contribution in [0.1, 0.15) is 39.5 Å². The van der Waals surface area contributed by atoms with Crippen molar-refractivity contribution in [3.05, 3.63) is 11.6 Å². The lowest BCUT2D eigenvalue weighted by Crippen LogP contribution is -2.20. The van der Waals surface area contributed by atoms with Crippen molar-refractivity contribution < 1.29 is 14.6 Å². The van der Waals surface area contributed by atoms with Crippen molar-refractivity contribution in [2.75, 3.05) is 6.61 Å². The zero-order valence-electron chi connectivity index (χ0n) is 9.53. The fraction of sp³-hybridized carbons (Fsp3) is 0.750. The molecule has 0 spiro atoms. The van der Waals surface area contributed by atoms with E-state index in [0.717, 1.165) is 18.8 Å². The number of aliphatic carboxylic acids is 1. The molecule has 15 heavy (non-hydrogen) atoms. The molecule has 1 fully saturated rings. The van der Waals surface area contributed by atoms with Crippen molar-refractivity contribution in [3.63, 3.8) is 0 Å². The van der Waals surface area contributed by atoms with Crippen molar-refractivity contribution in [1.29, 1.82) is 0 Å². The van der Waals surface area contributed by atoms with Gasteiger partial charge in [0.2, 0.25) is 0 Å². The van der Waals surface area contributed by atoms with Gasteiger partial charge in [0.25, 0.3) is 0 Å². The Bertz CT molecular complexity index is 237. The molecular weight excluding hydrogens is 192 g/mol. The Morgan fingerprint density at radius 1 is 1.40 bits per heavy atom. The fourth-order valence-corrected chi connectivity index (χ4v) is 1.79. The van der Waals surface area contributed by atoms with Gasteiger partial charge in [-0.15, -0.1) is 0 Å². The summed E-state index contributed by atoms with van der Waals surface area (Å²) in [7, 11) is 0. The molecule has 1 aliphatic rings. The minimum absolute atomic E-state index is 0.332. The van der Waals surface area contributed by atoms with E-state index in [2.05, 4.69) is 6.92 Å². The van der Waals surface area contributed by atoms with E-state index in [-0.39, 0.29) is 0 Å². The van der Waals surface area contributed by atoms with Crippen molar-refractivity contribution >= 4 is 5.97 Å². The van der Waals surface area contributed by atoms with Crippen molar-refractivity contribution in [1.82, 2.24) is 0 Å². The molecule has 0 aromatic heterocycles. The van der Waals surface area contributed by atoms with Crippen LogP contribution in [0.5, 0.6) is 0 Å². The summed E-state index contributed by atoms with van der Waals surface area (Å²) in [5.74, 6) is -0.0444. The summed E-state index contributed by atoms with van der Waals surface area (Å²) in [5.41, 5.74) is 0.360.